The average Bonchev–Trinajstić information content (AvgIpc) is 2.18. The second-order valence-electron chi connectivity index (χ2n) is 3.31. The van der Waals surface area contributed by atoms with Crippen molar-refractivity contribution in [2.45, 2.75) is 20.0 Å². The van der Waals surface area contributed by atoms with Gasteiger partial charge in [-0.25, -0.2) is 4.39 Å². The third kappa shape index (κ3) is 3.61. The van der Waals surface area contributed by atoms with E-state index in [-0.39, 0.29) is 18.5 Å². The van der Waals surface area contributed by atoms with E-state index in [1.165, 1.54) is 12.1 Å². The standard InChI is InChI=1S/C12H14FNO/c1-9(2)15-12-6-5-11(13)8-10(12)4-3-7-14/h5-6,8-9H,7,14H2,1-2H3. The normalized spacial score (nSPS) is 9.67. The summed E-state index contributed by atoms with van der Waals surface area (Å²) in [6.07, 6.45) is 0.0360. The van der Waals surface area contributed by atoms with Crippen LogP contribution in [-0.4, -0.2) is 12.6 Å². The van der Waals surface area contributed by atoms with Crippen molar-refractivity contribution >= 4 is 0 Å². The molecule has 0 spiro atoms. The Morgan fingerprint density at radius 2 is 2.20 bits per heavy atom. The summed E-state index contributed by atoms with van der Waals surface area (Å²) in [4.78, 5) is 0. The lowest BCUT2D eigenvalue weighted by atomic mass is 10.2. The lowest BCUT2D eigenvalue weighted by molar-refractivity contribution is 0.241. The summed E-state index contributed by atoms with van der Waals surface area (Å²) in [5.41, 5.74) is 5.79. The Morgan fingerprint density at radius 1 is 1.47 bits per heavy atom. The second-order valence-corrected chi connectivity index (χ2v) is 3.31. The number of hydrogen-bond donors (Lipinski definition) is 1. The highest BCUT2D eigenvalue weighted by atomic mass is 19.1. The predicted molar refractivity (Wildman–Crippen MR) is 58.1 cm³/mol. The number of hydrogen-bond acceptors (Lipinski definition) is 2. The van der Waals surface area contributed by atoms with Crippen LogP contribution in [0.3, 0.4) is 0 Å². The van der Waals surface area contributed by atoms with Crippen LogP contribution in [0.2, 0.25) is 0 Å². The molecule has 0 radical (unpaired) electrons. The topological polar surface area (TPSA) is 35.2 Å². The van der Waals surface area contributed by atoms with Crippen molar-refractivity contribution in [2.75, 3.05) is 6.54 Å². The van der Waals surface area contributed by atoms with Crippen LogP contribution < -0.4 is 10.5 Å². The van der Waals surface area contributed by atoms with Crippen LogP contribution in [0, 0.1) is 17.7 Å². The maximum absolute atomic E-state index is 13.0. The fourth-order valence-electron chi connectivity index (χ4n) is 1.10. The zero-order chi connectivity index (χ0) is 11.3. The molecule has 2 nitrogen and oxygen atoms in total. The maximum Gasteiger partial charge on any atom is 0.135 e. The van der Waals surface area contributed by atoms with E-state index in [1.54, 1.807) is 6.07 Å². The number of ether oxygens (including phenoxy) is 1. The number of rotatable bonds is 2. The van der Waals surface area contributed by atoms with Crippen molar-refractivity contribution in [3.63, 3.8) is 0 Å². The summed E-state index contributed by atoms with van der Waals surface area (Å²) < 4.78 is 18.4. The van der Waals surface area contributed by atoms with E-state index in [1.807, 2.05) is 13.8 Å². The lowest BCUT2D eigenvalue weighted by Gasteiger charge is -2.11. The van der Waals surface area contributed by atoms with Gasteiger partial charge in [-0.1, -0.05) is 11.8 Å². The molecule has 0 aliphatic carbocycles. The molecule has 0 saturated heterocycles. The Hall–Kier alpha value is -1.53. The van der Waals surface area contributed by atoms with Gasteiger partial charge in [0.25, 0.3) is 0 Å². The maximum atomic E-state index is 13.0. The quantitative estimate of drug-likeness (QED) is 0.752. The van der Waals surface area contributed by atoms with Gasteiger partial charge < -0.3 is 10.5 Å². The summed E-state index contributed by atoms with van der Waals surface area (Å²) in [6.45, 7) is 4.06. The number of nitrogens with two attached hydrogens (primary N) is 1. The predicted octanol–water partition coefficient (Wildman–Crippen LogP) is 1.92. The van der Waals surface area contributed by atoms with E-state index in [0.29, 0.717) is 11.3 Å². The van der Waals surface area contributed by atoms with Crippen LogP contribution >= 0.6 is 0 Å². The molecule has 0 aromatic heterocycles. The fourth-order valence-corrected chi connectivity index (χ4v) is 1.10. The first-order valence-corrected chi connectivity index (χ1v) is 4.78. The molecule has 0 atom stereocenters. The first kappa shape index (κ1) is 11.5. The Kier molecular flexibility index (Phi) is 4.14. The van der Waals surface area contributed by atoms with Gasteiger partial charge in [0.15, 0.2) is 0 Å². The zero-order valence-corrected chi connectivity index (χ0v) is 8.88. The van der Waals surface area contributed by atoms with Crippen molar-refractivity contribution in [1.82, 2.24) is 0 Å². The van der Waals surface area contributed by atoms with Crippen molar-refractivity contribution in [3.05, 3.63) is 29.6 Å². The van der Waals surface area contributed by atoms with E-state index in [2.05, 4.69) is 11.8 Å². The first-order valence-electron chi connectivity index (χ1n) is 4.78. The molecule has 2 N–H and O–H groups in total. The lowest BCUT2D eigenvalue weighted by Crippen LogP contribution is -2.07. The molecular formula is C12H14FNO. The van der Waals surface area contributed by atoms with E-state index in [9.17, 15) is 4.39 Å². The van der Waals surface area contributed by atoms with Gasteiger partial charge in [-0.15, -0.1) is 0 Å². The molecule has 1 rings (SSSR count). The van der Waals surface area contributed by atoms with Gasteiger partial charge in [0, 0.05) is 0 Å². The monoisotopic (exact) mass is 207 g/mol. The van der Waals surface area contributed by atoms with E-state index >= 15 is 0 Å². The SMILES string of the molecule is CC(C)Oc1ccc(F)cc1C#CCN. The second kappa shape index (κ2) is 5.38. The first-order chi connectivity index (χ1) is 7.13. The highest BCUT2D eigenvalue weighted by Gasteiger charge is 2.04. The molecule has 0 aliphatic rings. The number of benzene rings is 1. The summed E-state index contributed by atoms with van der Waals surface area (Å²) in [5, 5.41) is 0. The van der Waals surface area contributed by atoms with Gasteiger partial charge >= 0.3 is 0 Å². The molecular weight excluding hydrogens is 193 g/mol. The van der Waals surface area contributed by atoms with E-state index in [0.717, 1.165) is 0 Å². The minimum atomic E-state index is -0.326. The molecule has 3 heteroatoms. The highest BCUT2D eigenvalue weighted by Crippen LogP contribution is 2.19. The third-order valence-electron chi connectivity index (χ3n) is 1.63. The van der Waals surface area contributed by atoms with Crippen LogP contribution in [0.4, 0.5) is 4.39 Å². The van der Waals surface area contributed by atoms with E-state index < -0.39 is 0 Å². The molecule has 80 valence electrons. The van der Waals surface area contributed by atoms with Crippen molar-refractivity contribution < 1.29 is 9.13 Å². The molecule has 1 aromatic rings. The largest absolute Gasteiger partial charge is 0.490 e. The summed E-state index contributed by atoms with van der Waals surface area (Å²) in [6, 6.07) is 4.28. The Balaban J connectivity index is 3.03. The Morgan fingerprint density at radius 3 is 2.80 bits per heavy atom. The Bertz CT molecular complexity index is 390. The van der Waals surface area contributed by atoms with Crippen molar-refractivity contribution in [2.24, 2.45) is 5.73 Å². The van der Waals surface area contributed by atoms with E-state index in [4.69, 9.17) is 10.5 Å². The molecule has 0 heterocycles. The van der Waals surface area contributed by atoms with Crippen LogP contribution in [0.25, 0.3) is 0 Å². The van der Waals surface area contributed by atoms with Gasteiger partial charge in [-0.2, -0.15) is 0 Å². The minimum absolute atomic E-state index is 0.0360. The summed E-state index contributed by atoms with van der Waals surface area (Å²) >= 11 is 0. The summed E-state index contributed by atoms with van der Waals surface area (Å²) in [5.74, 6) is 5.72. The van der Waals surface area contributed by atoms with Crippen LogP contribution in [0.5, 0.6) is 5.75 Å². The Labute approximate surface area is 89.2 Å². The van der Waals surface area contributed by atoms with Gasteiger partial charge in [0.1, 0.15) is 11.6 Å². The van der Waals surface area contributed by atoms with Gasteiger partial charge in [-0.05, 0) is 32.0 Å². The van der Waals surface area contributed by atoms with Gasteiger partial charge in [0.05, 0.1) is 18.2 Å². The van der Waals surface area contributed by atoms with Crippen LogP contribution in [0.15, 0.2) is 18.2 Å². The number of halogens is 1. The zero-order valence-electron chi connectivity index (χ0n) is 8.88. The molecule has 0 aliphatic heterocycles. The molecule has 0 saturated carbocycles. The molecule has 0 unspecified atom stereocenters. The minimum Gasteiger partial charge on any atom is -0.490 e. The highest BCUT2D eigenvalue weighted by molar-refractivity contribution is 5.46. The average molecular weight is 207 g/mol. The third-order valence-corrected chi connectivity index (χ3v) is 1.63. The van der Waals surface area contributed by atoms with Crippen molar-refractivity contribution in [3.8, 4) is 17.6 Å². The van der Waals surface area contributed by atoms with Gasteiger partial charge in [0.2, 0.25) is 0 Å². The molecule has 0 amide bonds. The van der Waals surface area contributed by atoms with Crippen LogP contribution in [-0.2, 0) is 0 Å². The van der Waals surface area contributed by atoms with Crippen molar-refractivity contribution in [1.29, 1.82) is 0 Å². The smallest absolute Gasteiger partial charge is 0.135 e. The van der Waals surface area contributed by atoms with Crippen LogP contribution in [0.1, 0.15) is 19.4 Å². The molecule has 15 heavy (non-hydrogen) atoms. The summed E-state index contributed by atoms with van der Waals surface area (Å²) in [7, 11) is 0. The fraction of sp³-hybridized carbons (Fsp3) is 0.333. The van der Waals surface area contributed by atoms with Gasteiger partial charge in [-0.3, -0.25) is 0 Å². The molecule has 0 bridgehead atoms. The molecule has 1 aromatic carbocycles. The molecule has 0 fully saturated rings.